The Morgan fingerprint density at radius 1 is 1.35 bits per heavy atom. The summed E-state index contributed by atoms with van der Waals surface area (Å²) in [6.45, 7) is 1.68. The summed E-state index contributed by atoms with van der Waals surface area (Å²) in [6, 6.07) is 3.19. The number of carbonyl (C=O) groups is 1. The van der Waals surface area contributed by atoms with Crippen LogP contribution in [0, 0.1) is 6.92 Å². The highest BCUT2D eigenvalue weighted by Gasteiger charge is 2.23. The number of anilines is 1. The van der Waals surface area contributed by atoms with Crippen molar-refractivity contribution in [1.82, 2.24) is 20.0 Å². The van der Waals surface area contributed by atoms with Gasteiger partial charge in [0, 0.05) is 14.1 Å². The van der Waals surface area contributed by atoms with Crippen LogP contribution in [0.3, 0.4) is 0 Å². The van der Waals surface area contributed by atoms with Gasteiger partial charge in [-0.1, -0.05) is 5.21 Å². The van der Waals surface area contributed by atoms with Crippen molar-refractivity contribution < 1.29 is 17.9 Å². The lowest BCUT2D eigenvalue weighted by molar-refractivity contribution is 0.0589. The highest BCUT2D eigenvalue weighted by atomic mass is 32.2. The van der Waals surface area contributed by atoms with Gasteiger partial charge in [0.1, 0.15) is 5.69 Å². The predicted molar refractivity (Wildman–Crippen MR) is 83.6 cm³/mol. The fourth-order valence-electron chi connectivity index (χ4n) is 2.05. The van der Waals surface area contributed by atoms with Crippen molar-refractivity contribution >= 4 is 21.7 Å². The third kappa shape index (κ3) is 3.16. The molecule has 2 aromatic heterocycles. The Hall–Kier alpha value is -2.49. The van der Waals surface area contributed by atoms with Crippen molar-refractivity contribution in [1.29, 1.82) is 0 Å². The summed E-state index contributed by atoms with van der Waals surface area (Å²) < 4.78 is 30.4. The normalized spacial score (nSPS) is 11.3. The maximum Gasteiger partial charge on any atom is 0.358 e. The molecule has 0 bridgehead atoms. The summed E-state index contributed by atoms with van der Waals surface area (Å²) in [5.74, 6) is -0.579. The molecule has 10 heteroatoms. The lowest BCUT2D eigenvalue weighted by atomic mass is 10.2. The summed E-state index contributed by atoms with van der Waals surface area (Å²) in [7, 11) is 0.892. The van der Waals surface area contributed by atoms with E-state index in [9.17, 15) is 13.2 Å². The van der Waals surface area contributed by atoms with Crippen LogP contribution in [-0.2, 0) is 21.8 Å². The van der Waals surface area contributed by atoms with Gasteiger partial charge in [0.05, 0.1) is 30.4 Å². The van der Waals surface area contributed by atoms with Crippen LogP contribution in [0.15, 0.2) is 12.1 Å². The number of hydrogen-bond acceptors (Lipinski definition) is 7. The van der Waals surface area contributed by atoms with Gasteiger partial charge in [0.2, 0.25) is 10.0 Å². The van der Waals surface area contributed by atoms with E-state index in [2.05, 4.69) is 15.3 Å². The Morgan fingerprint density at radius 2 is 2.00 bits per heavy atom. The summed E-state index contributed by atoms with van der Waals surface area (Å²) >= 11 is 0. The van der Waals surface area contributed by atoms with E-state index in [1.54, 1.807) is 26.1 Å². The number of rotatable bonds is 4. The molecule has 2 rings (SSSR count). The molecule has 0 unspecified atom stereocenters. The highest BCUT2D eigenvalue weighted by Crippen LogP contribution is 2.25. The molecule has 0 radical (unpaired) electrons. The molecular formula is C13H17N5O4S. The Bertz CT molecular complexity index is 859. The number of methoxy groups -OCH3 is 1. The smallest absolute Gasteiger partial charge is 0.358 e. The first kappa shape index (κ1) is 16.9. The van der Waals surface area contributed by atoms with E-state index in [1.165, 1.54) is 18.8 Å². The third-order valence-corrected chi connectivity index (χ3v) is 4.53. The lowest BCUT2D eigenvalue weighted by Gasteiger charge is -2.18. The maximum atomic E-state index is 11.8. The topological polar surface area (TPSA) is 107 Å². The summed E-state index contributed by atoms with van der Waals surface area (Å²) in [4.78, 5) is 16.2. The molecule has 9 nitrogen and oxygen atoms in total. The van der Waals surface area contributed by atoms with Crippen molar-refractivity contribution in [3.8, 4) is 11.4 Å². The fourth-order valence-corrected chi connectivity index (χ4v) is 2.60. The van der Waals surface area contributed by atoms with Gasteiger partial charge in [-0.25, -0.2) is 22.9 Å². The average Bonchev–Trinajstić information content (AvgIpc) is 2.86. The largest absolute Gasteiger partial charge is 0.464 e. The van der Waals surface area contributed by atoms with Crippen LogP contribution in [0.5, 0.6) is 0 Å². The number of sulfonamides is 1. The number of pyridine rings is 1. The predicted octanol–water partition coefficient (Wildman–Crippen LogP) is 0.368. The zero-order valence-electron chi connectivity index (χ0n) is 13.4. The fraction of sp³-hybridized carbons (Fsp3) is 0.385. The van der Waals surface area contributed by atoms with Crippen LogP contribution >= 0.6 is 0 Å². The number of nitrogens with zero attached hydrogens (tertiary/aromatic N) is 5. The van der Waals surface area contributed by atoms with Gasteiger partial charge in [-0.3, -0.25) is 4.31 Å². The van der Waals surface area contributed by atoms with Gasteiger partial charge < -0.3 is 4.74 Å². The minimum atomic E-state index is -3.39. The molecule has 0 aliphatic rings. The van der Waals surface area contributed by atoms with Crippen LogP contribution in [0.4, 0.5) is 5.69 Å². The van der Waals surface area contributed by atoms with Crippen LogP contribution in [-0.4, -0.2) is 54.8 Å². The summed E-state index contributed by atoms with van der Waals surface area (Å²) in [6.07, 6.45) is 1.11. The quantitative estimate of drug-likeness (QED) is 0.740. The zero-order valence-corrected chi connectivity index (χ0v) is 14.2. The highest BCUT2D eigenvalue weighted by molar-refractivity contribution is 7.92. The molecule has 2 heterocycles. The molecule has 0 saturated carbocycles. The molecule has 0 fully saturated rings. The van der Waals surface area contributed by atoms with E-state index in [0.29, 0.717) is 17.1 Å². The van der Waals surface area contributed by atoms with Crippen molar-refractivity contribution in [3.05, 3.63) is 23.5 Å². The molecule has 0 aliphatic carbocycles. The number of hydrogen-bond donors (Lipinski definition) is 0. The third-order valence-electron chi connectivity index (χ3n) is 3.34. The SMILES string of the molecule is COC(=O)c1c(-c2ccc(N(C)S(C)(=O)=O)c(C)n2)nnn1C. The molecule has 2 aromatic rings. The minimum absolute atomic E-state index is 0.170. The second-order valence-electron chi connectivity index (χ2n) is 4.93. The molecule has 0 saturated heterocycles. The van der Waals surface area contributed by atoms with Gasteiger partial charge in [-0.05, 0) is 19.1 Å². The zero-order chi connectivity index (χ0) is 17.4. The van der Waals surface area contributed by atoms with E-state index in [-0.39, 0.29) is 11.4 Å². The van der Waals surface area contributed by atoms with Crippen molar-refractivity contribution in [3.63, 3.8) is 0 Å². The Labute approximate surface area is 133 Å². The Balaban J connectivity index is 2.53. The molecular weight excluding hydrogens is 322 g/mol. The maximum absolute atomic E-state index is 11.8. The first-order chi connectivity index (χ1) is 10.7. The van der Waals surface area contributed by atoms with E-state index in [0.717, 1.165) is 10.6 Å². The van der Waals surface area contributed by atoms with E-state index >= 15 is 0 Å². The molecule has 0 N–H and O–H groups in total. The molecule has 0 aliphatic heterocycles. The summed E-state index contributed by atoms with van der Waals surface area (Å²) in [5, 5.41) is 7.75. The van der Waals surface area contributed by atoms with Crippen molar-refractivity contribution in [2.75, 3.05) is 24.7 Å². The standard InChI is InChI=1S/C13H17N5O4S/c1-8-10(18(3)23(5,20)21)7-6-9(14-8)11-12(13(19)22-4)17(2)16-15-11/h6-7H,1-5H3. The van der Waals surface area contributed by atoms with E-state index < -0.39 is 16.0 Å². The number of aromatic nitrogens is 4. The molecule has 0 spiro atoms. The van der Waals surface area contributed by atoms with Crippen LogP contribution in [0.1, 0.15) is 16.2 Å². The molecule has 0 atom stereocenters. The molecule has 23 heavy (non-hydrogen) atoms. The second-order valence-corrected chi connectivity index (χ2v) is 6.95. The molecule has 124 valence electrons. The van der Waals surface area contributed by atoms with Crippen LogP contribution in [0.2, 0.25) is 0 Å². The lowest BCUT2D eigenvalue weighted by Crippen LogP contribution is -2.25. The Kier molecular flexibility index (Phi) is 4.37. The van der Waals surface area contributed by atoms with Gasteiger partial charge >= 0.3 is 5.97 Å². The van der Waals surface area contributed by atoms with Crippen molar-refractivity contribution in [2.45, 2.75) is 6.92 Å². The van der Waals surface area contributed by atoms with Gasteiger partial charge in [-0.15, -0.1) is 5.10 Å². The average molecular weight is 339 g/mol. The van der Waals surface area contributed by atoms with E-state index in [4.69, 9.17) is 4.74 Å². The first-order valence-corrected chi connectivity index (χ1v) is 8.41. The monoisotopic (exact) mass is 339 g/mol. The first-order valence-electron chi connectivity index (χ1n) is 6.56. The summed E-state index contributed by atoms with van der Waals surface area (Å²) in [5.41, 5.74) is 1.78. The number of esters is 1. The number of aryl methyl sites for hydroxylation is 2. The van der Waals surface area contributed by atoms with Crippen LogP contribution in [0.25, 0.3) is 11.4 Å². The number of carbonyl (C=O) groups excluding carboxylic acids is 1. The minimum Gasteiger partial charge on any atom is -0.464 e. The molecule has 0 amide bonds. The van der Waals surface area contributed by atoms with E-state index in [1.807, 2.05) is 0 Å². The molecule has 0 aromatic carbocycles. The van der Waals surface area contributed by atoms with Gasteiger partial charge in [0.25, 0.3) is 0 Å². The second kappa shape index (κ2) is 5.95. The number of ether oxygens (including phenoxy) is 1. The van der Waals surface area contributed by atoms with Crippen molar-refractivity contribution in [2.24, 2.45) is 7.05 Å². The van der Waals surface area contributed by atoms with Gasteiger partial charge in [-0.2, -0.15) is 0 Å². The van der Waals surface area contributed by atoms with Crippen LogP contribution < -0.4 is 4.31 Å². The Morgan fingerprint density at radius 3 is 2.52 bits per heavy atom. The van der Waals surface area contributed by atoms with Gasteiger partial charge in [0.15, 0.2) is 5.69 Å².